The first-order chi connectivity index (χ1) is 12.0. The zero-order valence-corrected chi connectivity index (χ0v) is 14.5. The van der Waals surface area contributed by atoms with E-state index in [1.54, 1.807) is 9.80 Å². The van der Waals surface area contributed by atoms with Gasteiger partial charge >= 0.3 is 5.97 Å². The predicted octanol–water partition coefficient (Wildman–Crippen LogP) is 1.75. The Bertz CT molecular complexity index is 825. The van der Waals surface area contributed by atoms with Gasteiger partial charge in [0.05, 0.1) is 4.88 Å². The Morgan fingerprint density at radius 1 is 0.960 bits per heavy atom. The van der Waals surface area contributed by atoms with Gasteiger partial charge in [0.1, 0.15) is 11.4 Å². The van der Waals surface area contributed by atoms with Crippen LogP contribution in [0, 0.1) is 6.92 Å². The molecule has 3 rings (SSSR count). The molecule has 0 unspecified atom stereocenters. The Morgan fingerprint density at radius 3 is 2.12 bits per heavy atom. The summed E-state index contributed by atoms with van der Waals surface area (Å²) in [5.74, 6) is -1.50. The fourth-order valence-electron chi connectivity index (χ4n) is 2.65. The Hall–Kier alpha value is -2.74. The molecule has 0 saturated carbocycles. The lowest BCUT2D eigenvalue weighted by atomic mass is 10.2. The third kappa shape index (κ3) is 3.69. The average Bonchev–Trinajstić information content (AvgIpc) is 3.07. The number of rotatable bonds is 3. The number of aromatic nitrogens is 1. The van der Waals surface area contributed by atoms with Crippen molar-refractivity contribution in [3.63, 3.8) is 0 Å². The van der Waals surface area contributed by atoms with Gasteiger partial charge in [0.15, 0.2) is 0 Å². The van der Waals surface area contributed by atoms with Gasteiger partial charge in [0.25, 0.3) is 11.8 Å². The van der Waals surface area contributed by atoms with E-state index in [1.165, 1.54) is 29.5 Å². The number of aryl methyl sites for hydroxylation is 1. The first-order valence-electron chi connectivity index (χ1n) is 7.81. The Morgan fingerprint density at radius 2 is 1.56 bits per heavy atom. The summed E-state index contributed by atoms with van der Waals surface area (Å²) in [6.07, 6.45) is 0. The highest BCUT2D eigenvalue weighted by atomic mass is 32.1. The molecule has 0 aliphatic carbocycles. The maximum absolute atomic E-state index is 12.5. The lowest BCUT2D eigenvalue weighted by Gasteiger charge is -2.34. The molecule has 0 spiro atoms. The summed E-state index contributed by atoms with van der Waals surface area (Å²) in [5, 5.41) is 8.98. The van der Waals surface area contributed by atoms with Crippen LogP contribution in [0.3, 0.4) is 0 Å². The molecule has 130 valence electrons. The first-order valence-corrected chi connectivity index (χ1v) is 8.62. The zero-order valence-electron chi connectivity index (χ0n) is 13.6. The molecule has 0 radical (unpaired) electrons. The summed E-state index contributed by atoms with van der Waals surface area (Å²) in [6.45, 7) is 3.64. The van der Waals surface area contributed by atoms with Crippen LogP contribution in [0.5, 0.6) is 0 Å². The van der Waals surface area contributed by atoms with Gasteiger partial charge in [-0.1, -0.05) is 6.07 Å². The van der Waals surface area contributed by atoms with Crippen LogP contribution in [0.2, 0.25) is 0 Å². The number of thiophene rings is 1. The molecule has 2 amide bonds. The van der Waals surface area contributed by atoms with E-state index in [-0.39, 0.29) is 23.2 Å². The third-order valence-corrected chi connectivity index (χ3v) is 4.98. The molecule has 0 aromatic carbocycles. The molecule has 0 bridgehead atoms. The second-order valence-electron chi connectivity index (χ2n) is 5.71. The van der Waals surface area contributed by atoms with Crippen molar-refractivity contribution < 1.29 is 19.5 Å². The molecule has 25 heavy (non-hydrogen) atoms. The van der Waals surface area contributed by atoms with Crippen LogP contribution in [-0.4, -0.2) is 63.9 Å². The second kappa shape index (κ2) is 7.02. The van der Waals surface area contributed by atoms with E-state index in [2.05, 4.69) is 4.98 Å². The van der Waals surface area contributed by atoms with Gasteiger partial charge in [-0.3, -0.25) is 9.59 Å². The number of aromatic carboxylic acids is 1. The van der Waals surface area contributed by atoms with E-state index in [4.69, 9.17) is 5.11 Å². The number of carbonyl (C=O) groups excluding carboxylic acids is 2. The summed E-state index contributed by atoms with van der Waals surface area (Å²) in [6, 6.07) is 8.09. The molecule has 3 heterocycles. The second-order valence-corrected chi connectivity index (χ2v) is 7.00. The first kappa shape index (κ1) is 17.1. The summed E-state index contributed by atoms with van der Waals surface area (Å²) >= 11 is 1.46. The number of piperazine rings is 1. The molecule has 1 aliphatic heterocycles. The van der Waals surface area contributed by atoms with Crippen LogP contribution >= 0.6 is 11.3 Å². The van der Waals surface area contributed by atoms with Gasteiger partial charge in [0, 0.05) is 31.1 Å². The van der Waals surface area contributed by atoms with Gasteiger partial charge in [-0.15, -0.1) is 11.3 Å². The number of carbonyl (C=O) groups is 3. The maximum Gasteiger partial charge on any atom is 0.354 e. The summed E-state index contributed by atoms with van der Waals surface area (Å²) < 4.78 is 0. The van der Waals surface area contributed by atoms with E-state index in [9.17, 15) is 14.4 Å². The Kier molecular flexibility index (Phi) is 4.80. The fraction of sp³-hybridized carbons (Fsp3) is 0.294. The minimum absolute atomic E-state index is 0.0174. The monoisotopic (exact) mass is 359 g/mol. The predicted molar refractivity (Wildman–Crippen MR) is 92.1 cm³/mol. The highest BCUT2D eigenvalue weighted by Crippen LogP contribution is 2.18. The molecule has 1 N–H and O–H groups in total. The van der Waals surface area contributed by atoms with Gasteiger partial charge in [-0.25, -0.2) is 9.78 Å². The van der Waals surface area contributed by atoms with Crippen LogP contribution in [0.15, 0.2) is 30.3 Å². The molecular formula is C17H17N3O4S. The highest BCUT2D eigenvalue weighted by molar-refractivity contribution is 7.13. The molecule has 1 saturated heterocycles. The number of nitrogens with zero attached hydrogens (tertiary/aromatic N) is 3. The molecule has 7 nitrogen and oxygen atoms in total. The quantitative estimate of drug-likeness (QED) is 0.901. The van der Waals surface area contributed by atoms with Crippen molar-refractivity contribution >= 4 is 29.1 Å². The average molecular weight is 359 g/mol. The molecule has 0 atom stereocenters. The van der Waals surface area contributed by atoms with E-state index in [1.807, 2.05) is 19.1 Å². The van der Waals surface area contributed by atoms with Crippen molar-refractivity contribution in [1.82, 2.24) is 14.8 Å². The summed E-state index contributed by atoms with van der Waals surface area (Å²) in [7, 11) is 0. The van der Waals surface area contributed by atoms with Gasteiger partial charge in [-0.2, -0.15) is 0 Å². The zero-order chi connectivity index (χ0) is 18.0. The van der Waals surface area contributed by atoms with E-state index in [0.29, 0.717) is 31.1 Å². The molecule has 1 fully saturated rings. The SMILES string of the molecule is Cc1ccc(C(=O)N2CCN(C(=O)c3cccc(C(=O)O)n3)CC2)s1. The number of hydrogen-bond acceptors (Lipinski definition) is 5. The summed E-state index contributed by atoms with van der Waals surface area (Å²) in [4.78, 5) is 44.9. The lowest BCUT2D eigenvalue weighted by Crippen LogP contribution is -2.50. The molecule has 2 aromatic rings. The summed E-state index contributed by atoms with van der Waals surface area (Å²) in [5.41, 5.74) is -0.0544. The van der Waals surface area contributed by atoms with Crippen molar-refractivity contribution in [2.75, 3.05) is 26.2 Å². The number of amides is 2. The minimum atomic E-state index is -1.17. The molecule has 8 heteroatoms. The topological polar surface area (TPSA) is 90.8 Å². The minimum Gasteiger partial charge on any atom is -0.477 e. The van der Waals surface area contributed by atoms with Crippen molar-refractivity contribution in [2.24, 2.45) is 0 Å². The van der Waals surface area contributed by atoms with Crippen LogP contribution in [0.25, 0.3) is 0 Å². The fourth-order valence-corrected chi connectivity index (χ4v) is 3.49. The van der Waals surface area contributed by atoms with Gasteiger partial charge < -0.3 is 14.9 Å². The maximum atomic E-state index is 12.5. The van der Waals surface area contributed by atoms with Gasteiger partial charge in [0.2, 0.25) is 0 Å². The Labute approximate surface area is 148 Å². The lowest BCUT2D eigenvalue weighted by molar-refractivity contribution is 0.0534. The highest BCUT2D eigenvalue weighted by Gasteiger charge is 2.27. The molecular weight excluding hydrogens is 342 g/mol. The number of pyridine rings is 1. The number of carboxylic acid groups (broad SMARTS) is 1. The van der Waals surface area contributed by atoms with Gasteiger partial charge in [-0.05, 0) is 31.2 Å². The third-order valence-electron chi connectivity index (χ3n) is 3.99. The van der Waals surface area contributed by atoms with Crippen molar-refractivity contribution in [2.45, 2.75) is 6.92 Å². The van der Waals surface area contributed by atoms with Crippen molar-refractivity contribution in [3.8, 4) is 0 Å². The largest absolute Gasteiger partial charge is 0.477 e. The van der Waals surface area contributed by atoms with E-state index in [0.717, 1.165) is 4.88 Å². The molecule has 1 aliphatic rings. The van der Waals surface area contributed by atoms with E-state index >= 15 is 0 Å². The normalized spacial score (nSPS) is 14.4. The molecule has 2 aromatic heterocycles. The smallest absolute Gasteiger partial charge is 0.354 e. The van der Waals surface area contributed by atoms with Crippen LogP contribution in [0.1, 0.15) is 35.5 Å². The van der Waals surface area contributed by atoms with Crippen molar-refractivity contribution in [1.29, 1.82) is 0 Å². The van der Waals surface area contributed by atoms with E-state index < -0.39 is 5.97 Å². The Balaban J connectivity index is 1.64. The number of carboxylic acids is 1. The van der Waals surface area contributed by atoms with Crippen LogP contribution in [-0.2, 0) is 0 Å². The number of hydrogen-bond donors (Lipinski definition) is 1. The van der Waals surface area contributed by atoms with Crippen molar-refractivity contribution in [3.05, 3.63) is 51.5 Å². The van der Waals surface area contributed by atoms with Crippen LogP contribution in [0.4, 0.5) is 0 Å². The standard InChI is InChI=1S/C17H17N3O4S/c1-11-5-6-14(25-11)16(22)20-9-7-19(8-10-20)15(21)12-3-2-4-13(18-12)17(23)24/h2-6H,7-10H2,1H3,(H,23,24). The van der Waals surface area contributed by atoms with Crippen LogP contribution < -0.4 is 0 Å².